The molecule has 1 aromatic rings. The largest absolute Gasteiger partial charge is 0.461 e. The SMILES string of the molecule is CCOC(=O)c1[nH]c(Br)c(CC)c1CC. The van der Waals surface area contributed by atoms with Gasteiger partial charge >= 0.3 is 5.97 Å². The number of carbonyl (C=O) groups is 1. The quantitative estimate of drug-likeness (QED) is 0.857. The van der Waals surface area contributed by atoms with E-state index in [0.29, 0.717) is 12.3 Å². The standard InChI is InChI=1S/C11H16BrNO2/c1-4-7-8(5-2)10(12)13-9(7)11(14)15-6-3/h13H,4-6H2,1-3H3. The van der Waals surface area contributed by atoms with Gasteiger partial charge in [0.25, 0.3) is 0 Å². The van der Waals surface area contributed by atoms with Crippen molar-refractivity contribution in [3.8, 4) is 0 Å². The van der Waals surface area contributed by atoms with Crippen molar-refractivity contribution < 1.29 is 9.53 Å². The fraction of sp³-hybridized carbons (Fsp3) is 0.545. The highest BCUT2D eigenvalue weighted by Crippen LogP contribution is 2.25. The van der Waals surface area contributed by atoms with Crippen molar-refractivity contribution in [3.05, 3.63) is 21.4 Å². The zero-order chi connectivity index (χ0) is 11.4. The minimum atomic E-state index is -0.269. The van der Waals surface area contributed by atoms with Crippen LogP contribution in [0.15, 0.2) is 4.60 Å². The first-order valence-electron chi connectivity index (χ1n) is 5.21. The Hall–Kier alpha value is -0.770. The number of hydrogen-bond donors (Lipinski definition) is 1. The van der Waals surface area contributed by atoms with Gasteiger partial charge in [-0.15, -0.1) is 0 Å². The van der Waals surface area contributed by atoms with Gasteiger partial charge in [0.1, 0.15) is 5.69 Å². The third-order valence-corrected chi connectivity index (χ3v) is 3.03. The number of H-pyrrole nitrogens is 1. The van der Waals surface area contributed by atoms with E-state index in [4.69, 9.17) is 4.74 Å². The molecular formula is C11H16BrNO2. The summed E-state index contributed by atoms with van der Waals surface area (Å²) in [7, 11) is 0. The molecule has 84 valence electrons. The highest BCUT2D eigenvalue weighted by Gasteiger charge is 2.19. The molecule has 0 aromatic carbocycles. The zero-order valence-corrected chi connectivity index (χ0v) is 10.9. The maximum absolute atomic E-state index is 11.6. The second-order valence-electron chi connectivity index (χ2n) is 3.20. The maximum atomic E-state index is 11.6. The molecule has 3 nitrogen and oxygen atoms in total. The molecule has 0 spiro atoms. The minimum absolute atomic E-state index is 0.269. The molecule has 0 saturated carbocycles. The van der Waals surface area contributed by atoms with E-state index in [1.807, 2.05) is 13.8 Å². The van der Waals surface area contributed by atoms with Crippen LogP contribution in [0.25, 0.3) is 0 Å². The average Bonchev–Trinajstić information content (AvgIpc) is 2.54. The van der Waals surface area contributed by atoms with Gasteiger partial charge < -0.3 is 9.72 Å². The van der Waals surface area contributed by atoms with E-state index in [2.05, 4.69) is 27.8 Å². The third kappa shape index (κ3) is 2.43. The number of esters is 1. The summed E-state index contributed by atoms with van der Waals surface area (Å²) < 4.78 is 5.89. The van der Waals surface area contributed by atoms with Gasteiger partial charge in [-0.2, -0.15) is 0 Å². The Bertz CT molecular complexity index is 358. The van der Waals surface area contributed by atoms with E-state index in [9.17, 15) is 4.79 Å². The monoisotopic (exact) mass is 273 g/mol. The van der Waals surface area contributed by atoms with E-state index >= 15 is 0 Å². The Balaban J connectivity index is 3.12. The second-order valence-corrected chi connectivity index (χ2v) is 3.99. The lowest BCUT2D eigenvalue weighted by Crippen LogP contribution is -2.07. The first-order valence-corrected chi connectivity index (χ1v) is 6.01. The van der Waals surface area contributed by atoms with Crippen molar-refractivity contribution >= 4 is 21.9 Å². The van der Waals surface area contributed by atoms with E-state index in [0.717, 1.165) is 23.0 Å². The van der Waals surface area contributed by atoms with Crippen LogP contribution in [-0.4, -0.2) is 17.6 Å². The van der Waals surface area contributed by atoms with Gasteiger partial charge in [0, 0.05) is 0 Å². The molecule has 15 heavy (non-hydrogen) atoms. The van der Waals surface area contributed by atoms with Gasteiger partial charge in [0.15, 0.2) is 0 Å². The summed E-state index contributed by atoms with van der Waals surface area (Å²) in [6.07, 6.45) is 1.74. The summed E-state index contributed by atoms with van der Waals surface area (Å²) in [5, 5.41) is 0. The first-order chi connectivity index (χ1) is 7.15. The molecule has 1 heterocycles. The van der Waals surface area contributed by atoms with Gasteiger partial charge in [-0.3, -0.25) is 0 Å². The van der Waals surface area contributed by atoms with E-state index in [1.54, 1.807) is 0 Å². The van der Waals surface area contributed by atoms with Gasteiger partial charge in [0.2, 0.25) is 0 Å². The molecule has 0 unspecified atom stereocenters. The molecule has 0 amide bonds. The first kappa shape index (κ1) is 12.3. The van der Waals surface area contributed by atoms with Crippen LogP contribution in [0.4, 0.5) is 0 Å². The molecule has 1 N–H and O–H groups in total. The fourth-order valence-electron chi connectivity index (χ4n) is 1.68. The number of ether oxygens (including phenoxy) is 1. The summed E-state index contributed by atoms with van der Waals surface area (Å²) in [4.78, 5) is 14.7. The van der Waals surface area contributed by atoms with Gasteiger partial charge in [-0.25, -0.2) is 4.79 Å². The molecule has 0 aliphatic heterocycles. The number of nitrogens with one attached hydrogen (secondary N) is 1. The number of halogens is 1. The molecule has 0 radical (unpaired) electrons. The van der Waals surface area contributed by atoms with Crippen molar-refractivity contribution in [2.45, 2.75) is 33.6 Å². The number of aromatic amines is 1. The van der Waals surface area contributed by atoms with Gasteiger partial charge in [-0.1, -0.05) is 13.8 Å². The Labute approximate surface area is 98.3 Å². The molecule has 1 rings (SSSR count). The molecule has 0 atom stereocenters. The van der Waals surface area contributed by atoms with Crippen LogP contribution in [0.2, 0.25) is 0 Å². The van der Waals surface area contributed by atoms with E-state index in [1.165, 1.54) is 5.56 Å². The summed E-state index contributed by atoms with van der Waals surface area (Å²) >= 11 is 3.43. The summed E-state index contributed by atoms with van der Waals surface area (Å²) in [6.45, 7) is 6.32. The molecule has 4 heteroatoms. The highest BCUT2D eigenvalue weighted by molar-refractivity contribution is 9.10. The predicted octanol–water partition coefficient (Wildman–Crippen LogP) is 3.08. The van der Waals surface area contributed by atoms with Crippen molar-refractivity contribution in [1.82, 2.24) is 4.98 Å². The van der Waals surface area contributed by atoms with Crippen molar-refractivity contribution in [2.75, 3.05) is 6.61 Å². The van der Waals surface area contributed by atoms with Gasteiger partial charge in [-0.05, 0) is 46.8 Å². The Morgan fingerprint density at radius 1 is 1.27 bits per heavy atom. The molecule has 0 saturated heterocycles. The van der Waals surface area contributed by atoms with Crippen LogP contribution >= 0.6 is 15.9 Å². The lowest BCUT2D eigenvalue weighted by atomic mass is 10.1. The topological polar surface area (TPSA) is 42.1 Å². The smallest absolute Gasteiger partial charge is 0.355 e. The van der Waals surface area contributed by atoms with Crippen molar-refractivity contribution in [2.24, 2.45) is 0 Å². The van der Waals surface area contributed by atoms with Crippen LogP contribution in [-0.2, 0) is 17.6 Å². The molecule has 1 aromatic heterocycles. The normalized spacial score (nSPS) is 10.4. The molecule has 0 aliphatic rings. The van der Waals surface area contributed by atoms with Crippen LogP contribution in [0, 0.1) is 0 Å². The number of rotatable bonds is 4. The van der Waals surface area contributed by atoms with E-state index in [-0.39, 0.29) is 5.97 Å². The Morgan fingerprint density at radius 3 is 2.33 bits per heavy atom. The Kier molecular flexibility index (Phi) is 4.39. The lowest BCUT2D eigenvalue weighted by molar-refractivity contribution is 0.0519. The summed E-state index contributed by atoms with van der Waals surface area (Å²) in [5.41, 5.74) is 2.81. The predicted molar refractivity (Wildman–Crippen MR) is 63.2 cm³/mol. The van der Waals surface area contributed by atoms with Crippen LogP contribution < -0.4 is 0 Å². The van der Waals surface area contributed by atoms with Crippen LogP contribution in [0.1, 0.15) is 42.4 Å². The number of aromatic nitrogens is 1. The van der Waals surface area contributed by atoms with Crippen LogP contribution in [0.5, 0.6) is 0 Å². The molecule has 0 aliphatic carbocycles. The van der Waals surface area contributed by atoms with E-state index < -0.39 is 0 Å². The van der Waals surface area contributed by atoms with Crippen molar-refractivity contribution in [3.63, 3.8) is 0 Å². The van der Waals surface area contributed by atoms with Crippen molar-refractivity contribution in [1.29, 1.82) is 0 Å². The minimum Gasteiger partial charge on any atom is -0.461 e. The Morgan fingerprint density at radius 2 is 1.87 bits per heavy atom. The molecular weight excluding hydrogens is 258 g/mol. The summed E-state index contributed by atoms with van der Waals surface area (Å²) in [6, 6.07) is 0. The second kappa shape index (κ2) is 5.35. The maximum Gasteiger partial charge on any atom is 0.355 e. The summed E-state index contributed by atoms with van der Waals surface area (Å²) in [5.74, 6) is -0.269. The van der Waals surface area contributed by atoms with Gasteiger partial charge in [0.05, 0.1) is 11.2 Å². The third-order valence-electron chi connectivity index (χ3n) is 2.35. The fourth-order valence-corrected chi connectivity index (χ4v) is 2.40. The zero-order valence-electron chi connectivity index (χ0n) is 9.32. The average molecular weight is 274 g/mol. The lowest BCUT2D eigenvalue weighted by Gasteiger charge is -2.03. The number of carbonyl (C=O) groups excluding carboxylic acids is 1. The molecule has 0 fully saturated rings. The highest BCUT2D eigenvalue weighted by atomic mass is 79.9. The molecule has 0 bridgehead atoms. The number of hydrogen-bond acceptors (Lipinski definition) is 2. The van der Waals surface area contributed by atoms with Crippen LogP contribution in [0.3, 0.4) is 0 Å².